The molecule has 0 amide bonds. The van der Waals surface area contributed by atoms with Gasteiger partial charge in [0, 0.05) is 0 Å². The number of nitrogens with zero attached hydrogens (tertiary/aromatic N) is 2. The molecule has 25 heavy (non-hydrogen) atoms. The molecule has 5 nitrogen and oxygen atoms in total. The fourth-order valence-corrected chi connectivity index (χ4v) is 3.24. The van der Waals surface area contributed by atoms with E-state index in [0.29, 0.717) is 29.1 Å². The quantitative estimate of drug-likeness (QED) is 0.711. The summed E-state index contributed by atoms with van der Waals surface area (Å²) in [4.78, 5) is 12.0. The number of fused-ring (bicyclic) bond motifs is 3. The van der Waals surface area contributed by atoms with Crippen molar-refractivity contribution >= 4 is 0 Å². The minimum Gasteiger partial charge on any atom is -0.321 e. The zero-order chi connectivity index (χ0) is 17.8. The number of aromatic amines is 1. The third-order valence-electron chi connectivity index (χ3n) is 4.33. The minimum atomic E-state index is -4.45. The van der Waals surface area contributed by atoms with E-state index in [0.717, 1.165) is 6.07 Å². The molecule has 3 N–H and O–H groups in total. The number of nitrogens with one attached hydrogen (secondary N) is 1. The van der Waals surface area contributed by atoms with Crippen LogP contribution in [0.1, 0.15) is 23.0 Å². The summed E-state index contributed by atoms with van der Waals surface area (Å²) in [5.74, 6) is 0.418. The maximum absolute atomic E-state index is 13.3. The largest absolute Gasteiger partial charge is 0.417 e. The van der Waals surface area contributed by atoms with E-state index in [-0.39, 0.29) is 5.56 Å². The molecule has 2 heterocycles. The molecule has 2 aromatic carbocycles. The second kappa shape index (κ2) is 5.32. The number of benzene rings is 2. The second-order valence-electron chi connectivity index (χ2n) is 5.92. The van der Waals surface area contributed by atoms with Gasteiger partial charge in [0.25, 0.3) is 0 Å². The number of rotatable bonds is 1. The van der Waals surface area contributed by atoms with Crippen LogP contribution >= 0.6 is 0 Å². The van der Waals surface area contributed by atoms with Gasteiger partial charge in [0.05, 0.1) is 17.3 Å². The van der Waals surface area contributed by atoms with Gasteiger partial charge in [-0.25, -0.2) is 14.5 Å². The first-order valence-corrected chi connectivity index (χ1v) is 7.59. The van der Waals surface area contributed by atoms with Gasteiger partial charge in [-0.05, 0) is 41.3 Å². The second-order valence-corrected chi connectivity index (χ2v) is 5.92. The highest BCUT2D eigenvalue weighted by atomic mass is 19.4. The average Bonchev–Trinajstić information content (AvgIpc) is 2.96. The molecule has 1 aromatic heterocycles. The van der Waals surface area contributed by atoms with Crippen LogP contribution < -0.4 is 11.4 Å². The smallest absolute Gasteiger partial charge is 0.321 e. The lowest BCUT2D eigenvalue weighted by Crippen LogP contribution is -2.28. The molecule has 1 unspecified atom stereocenters. The molecule has 128 valence electrons. The molecule has 1 aliphatic rings. The monoisotopic (exact) mass is 346 g/mol. The van der Waals surface area contributed by atoms with Crippen LogP contribution in [0.2, 0.25) is 0 Å². The standard InChI is InChI=1S/C17H13F3N4O/c18-17(19,20)12-4-2-1-3-11(12)9-5-6-14-10(7-9)8-13(21)15-22-23-16(25)24(14)15/h1-7,13H,8,21H2,(H,23,25). The Kier molecular flexibility index (Phi) is 3.33. The van der Waals surface area contributed by atoms with E-state index in [4.69, 9.17) is 5.73 Å². The summed E-state index contributed by atoms with van der Waals surface area (Å²) in [6.07, 6.45) is -4.06. The van der Waals surface area contributed by atoms with E-state index < -0.39 is 23.5 Å². The van der Waals surface area contributed by atoms with Gasteiger partial charge in [0.15, 0.2) is 5.82 Å². The van der Waals surface area contributed by atoms with Crippen molar-refractivity contribution in [3.8, 4) is 16.8 Å². The Hall–Kier alpha value is -2.87. The summed E-state index contributed by atoms with van der Waals surface area (Å²) in [5.41, 5.74) is 6.74. The van der Waals surface area contributed by atoms with Crippen molar-refractivity contribution < 1.29 is 13.2 Å². The SMILES string of the molecule is NC1Cc2cc(-c3ccccc3C(F)(F)F)ccc2-n2c1n[nH]c2=O. The zero-order valence-electron chi connectivity index (χ0n) is 12.8. The molecule has 0 bridgehead atoms. The van der Waals surface area contributed by atoms with Gasteiger partial charge >= 0.3 is 11.9 Å². The molecule has 0 radical (unpaired) electrons. The molecule has 0 saturated heterocycles. The van der Waals surface area contributed by atoms with Crippen LogP contribution in [0.15, 0.2) is 47.3 Å². The molecule has 0 saturated carbocycles. The van der Waals surface area contributed by atoms with Gasteiger partial charge in [-0.1, -0.05) is 24.3 Å². The van der Waals surface area contributed by atoms with Gasteiger partial charge in [-0.3, -0.25) is 0 Å². The van der Waals surface area contributed by atoms with Gasteiger partial charge < -0.3 is 5.73 Å². The highest BCUT2D eigenvalue weighted by Gasteiger charge is 2.33. The first kappa shape index (κ1) is 15.6. The third kappa shape index (κ3) is 2.45. The number of hydrogen-bond donors (Lipinski definition) is 2. The van der Waals surface area contributed by atoms with E-state index in [1.54, 1.807) is 24.3 Å². The van der Waals surface area contributed by atoms with Gasteiger partial charge in [0.2, 0.25) is 0 Å². The number of nitrogens with two attached hydrogens (primary N) is 1. The molecule has 0 spiro atoms. The molecule has 0 fully saturated rings. The normalized spacial score (nSPS) is 16.4. The predicted molar refractivity (Wildman–Crippen MR) is 85.3 cm³/mol. The van der Waals surface area contributed by atoms with Gasteiger partial charge in [-0.15, -0.1) is 0 Å². The van der Waals surface area contributed by atoms with E-state index in [2.05, 4.69) is 10.2 Å². The Bertz CT molecular complexity index is 1020. The Morgan fingerprint density at radius 3 is 2.72 bits per heavy atom. The molecule has 1 aliphatic heterocycles. The predicted octanol–water partition coefficient (Wildman–Crippen LogP) is 2.80. The number of hydrogen-bond acceptors (Lipinski definition) is 3. The van der Waals surface area contributed by atoms with E-state index in [1.807, 2.05) is 0 Å². The van der Waals surface area contributed by atoms with E-state index in [9.17, 15) is 18.0 Å². The average molecular weight is 346 g/mol. The van der Waals surface area contributed by atoms with Crippen molar-refractivity contribution in [3.05, 3.63) is 69.9 Å². The van der Waals surface area contributed by atoms with Crippen molar-refractivity contribution in [3.63, 3.8) is 0 Å². The lowest BCUT2D eigenvalue weighted by Gasteiger charge is -2.23. The summed E-state index contributed by atoms with van der Waals surface area (Å²) >= 11 is 0. The number of aromatic nitrogens is 3. The first-order chi connectivity index (χ1) is 11.9. The number of H-pyrrole nitrogens is 1. The minimum absolute atomic E-state index is 0.0942. The van der Waals surface area contributed by atoms with Crippen LogP contribution in [-0.4, -0.2) is 14.8 Å². The van der Waals surface area contributed by atoms with Gasteiger partial charge in [0.1, 0.15) is 0 Å². The van der Waals surface area contributed by atoms with Crippen LogP contribution in [0.25, 0.3) is 16.8 Å². The Labute approximate surface area is 139 Å². The fraction of sp³-hybridized carbons (Fsp3) is 0.176. The first-order valence-electron chi connectivity index (χ1n) is 7.59. The zero-order valence-corrected chi connectivity index (χ0v) is 12.8. The molecule has 3 aromatic rings. The fourth-order valence-electron chi connectivity index (χ4n) is 3.24. The lowest BCUT2D eigenvalue weighted by molar-refractivity contribution is -0.137. The Morgan fingerprint density at radius 1 is 1.20 bits per heavy atom. The third-order valence-corrected chi connectivity index (χ3v) is 4.33. The molecule has 0 aliphatic carbocycles. The summed E-state index contributed by atoms with van der Waals surface area (Å²) < 4.78 is 41.2. The summed E-state index contributed by atoms with van der Waals surface area (Å²) in [6.45, 7) is 0. The van der Waals surface area contributed by atoms with Crippen LogP contribution in [0, 0.1) is 0 Å². The van der Waals surface area contributed by atoms with Crippen LogP contribution in [0.4, 0.5) is 13.2 Å². The van der Waals surface area contributed by atoms with Crippen molar-refractivity contribution in [1.29, 1.82) is 0 Å². The van der Waals surface area contributed by atoms with Crippen molar-refractivity contribution in [2.24, 2.45) is 5.73 Å². The Balaban J connectivity index is 1.89. The number of halogens is 3. The van der Waals surface area contributed by atoms with Crippen LogP contribution in [0.5, 0.6) is 0 Å². The lowest BCUT2D eigenvalue weighted by atomic mass is 9.93. The van der Waals surface area contributed by atoms with Crippen LogP contribution in [-0.2, 0) is 12.6 Å². The Morgan fingerprint density at radius 2 is 1.96 bits per heavy atom. The highest BCUT2D eigenvalue weighted by Crippen LogP contribution is 2.38. The van der Waals surface area contributed by atoms with Gasteiger partial charge in [-0.2, -0.15) is 18.3 Å². The van der Waals surface area contributed by atoms with E-state index >= 15 is 0 Å². The maximum Gasteiger partial charge on any atom is 0.417 e. The molecular weight excluding hydrogens is 333 g/mol. The maximum atomic E-state index is 13.3. The van der Waals surface area contributed by atoms with Crippen LogP contribution in [0.3, 0.4) is 0 Å². The topological polar surface area (TPSA) is 76.7 Å². The molecule has 8 heteroatoms. The van der Waals surface area contributed by atoms with Crippen molar-refractivity contribution in [2.75, 3.05) is 0 Å². The molecule has 4 rings (SSSR count). The van der Waals surface area contributed by atoms with Crippen molar-refractivity contribution in [2.45, 2.75) is 18.6 Å². The summed E-state index contributed by atoms with van der Waals surface area (Å²) in [7, 11) is 0. The highest BCUT2D eigenvalue weighted by molar-refractivity contribution is 5.70. The summed E-state index contributed by atoms with van der Waals surface area (Å²) in [6, 6.07) is 9.77. The summed E-state index contributed by atoms with van der Waals surface area (Å²) in [5, 5.41) is 6.27. The van der Waals surface area contributed by atoms with E-state index in [1.165, 1.54) is 16.7 Å². The molecule has 1 atom stereocenters. The number of alkyl halides is 3. The van der Waals surface area contributed by atoms with Crippen molar-refractivity contribution in [1.82, 2.24) is 14.8 Å². The molecular formula is C17H13F3N4O.